The average Bonchev–Trinajstić information content (AvgIpc) is 3.14. The van der Waals surface area contributed by atoms with E-state index in [0.717, 1.165) is 16.7 Å². The molecule has 0 unspecified atom stereocenters. The Morgan fingerprint density at radius 3 is 2.31 bits per heavy atom. The number of carbonyl (C=O) groups excluding carboxylic acids is 2. The number of aliphatic carboxylic acids is 1. The first-order chi connectivity index (χ1) is 16.8. The van der Waals surface area contributed by atoms with Gasteiger partial charge in [-0.2, -0.15) is 5.26 Å². The number of carboxylic acids is 1. The quantitative estimate of drug-likeness (QED) is 0.473. The van der Waals surface area contributed by atoms with Crippen molar-refractivity contribution in [3.63, 3.8) is 0 Å². The molecule has 0 radical (unpaired) electrons. The fourth-order valence-corrected chi connectivity index (χ4v) is 4.23. The zero-order valence-corrected chi connectivity index (χ0v) is 19.3. The van der Waals surface area contributed by atoms with E-state index in [0.29, 0.717) is 22.5 Å². The lowest BCUT2D eigenvalue weighted by molar-refractivity contribution is -0.144. The number of nitrogens with one attached hydrogen (secondary N) is 2. The Labute approximate surface area is 202 Å². The standard InChI is InChI=1S/C27H24N4O4/c1-16(2)24(26(33)34)31-15-20-13-19(8-11-23(20)25(31)32)18-6-9-21(10-7-18)29-27(35)30-22-5-3-4-17(12-22)14-28/h3-13,16,24H,15H2,1-2H3,(H,33,34)(H2,29,30,35)/t24-/m0/s1. The first kappa shape index (κ1) is 23.5. The summed E-state index contributed by atoms with van der Waals surface area (Å²) >= 11 is 0. The molecule has 0 fully saturated rings. The van der Waals surface area contributed by atoms with E-state index in [1.807, 2.05) is 30.3 Å². The molecule has 3 N–H and O–H groups in total. The van der Waals surface area contributed by atoms with Crippen molar-refractivity contribution in [1.82, 2.24) is 4.90 Å². The number of rotatable bonds is 6. The Morgan fingerprint density at radius 2 is 1.66 bits per heavy atom. The summed E-state index contributed by atoms with van der Waals surface area (Å²) in [5, 5.41) is 24.0. The van der Waals surface area contributed by atoms with Gasteiger partial charge in [-0.25, -0.2) is 9.59 Å². The highest BCUT2D eigenvalue weighted by molar-refractivity contribution is 6.01. The zero-order chi connectivity index (χ0) is 25.1. The maximum atomic E-state index is 12.8. The molecule has 3 aromatic rings. The lowest BCUT2D eigenvalue weighted by atomic mass is 10.0. The summed E-state index contributed by atoms with van der Waals surface area (Å²) < 4.78 is 0. The van der Waals surface area contributed by atoms with E-state index in [4.69, 9.17) is 5.26 Å². The van der Waals surface area contributed by atoms with Gasteiger partial charge in [0.05, 0.1) is 11.6 Å². The van der Waals surface area contributed by atoms with Crippen molar-refractivity contribution in [2.75, 3.05) is 10.6 Å². The van der Waals surface area contributed by atoms with Crippen molar-refractivity contribution in [2.45, 2.75) is 26.4 Å². The van der Waals surface area contributed by atoms with Gasteiger partial charge in [0.15, 0.2) is 0 Å². The molecule has 0 saturated heterocycles. The van der Waals surface area contributed by atoms with Crippen molar-refractivity contribution in [3.8, 4) is 17.2 Å². The number of anilines is 2. The van der Waals surface area contributed by atoms with E-state index in [-0.39, 0.29) is 18.4 Å². The average molecular weight is 469 g/mol. The van der Waals surface area contributed by atoms with Crippen LogP contribution in [0.25, 0.3) is 11.1 Å². The summed E-state index contributed by atoms with van der Waals surface area (Å²) in [5.41, 5.74) is 4.66. The van der Waals surface area contributed by atoms with Crippen LogP contribution in [0.1, 0.15) is 35.3 Å². The molecule has 1 aliphatic heterocycles. The first-order valence-electron chi connectivity index (χ1n) is 11.1. The van der Waals surface area contributed by atoms with Crippen LogP contribution in [0.2, 0.25) is 0 Å². The topological polar surface area (TPSA) is 123 Å². The van der Waals surface area contributed by atoms with Crippen molar-refractivity contribution in [2.24, 2.45) is 5.92 Å². The largest absolute Gasteiger partial charge is 0.480 e. The highest BCUT2D eigenvalue weighted by atomic mass is 16.4. The summed E-state index contributed by atoms with van der Waals surface area (Å²) in [6, 6.07) is 20.1. The smallest absolute Gasteiger partial charge is 0.326 e. The van der Waals surface area contributed by atoms with Crippen molar-refractivity contribution in [1.29, 1.82) is 5.26 Å². The Balaban J connectivity index is 1.46. The molecule has 176 valence electrons. The maximum Gasteiger partial charge on any atom is 0.326 e. The van der Waals surface area contributed by atoms with Gasteiger partial charge in [-0.3, -0.25) is 4.79 Å². The predicted molar refractivity (Wildman–Crippen MR) is 132 cm³/mol. The van der Waals surface area contributed by atoms with Crippen LogP contribution in [0, 0.1) is 17.2 Å². The highest BCUT2D eigenvalue weighted by Crippen LogP contribution is 2.31. The summed E-state index contributed by atoms with van der Waals surface area (Å²) in [6.07, 6.45) is 0. The molecule has 8 nitrogen and oxygen atoms in total. The number of carboxylic acid groups (broad SMARTS) is 1. The van der Waals surface area contributed by atoms with Crippen LogP contribution in [-0.4, -0.2) is 34.0 Å². The molecular formula is C27H24N4O4. The number of hydrogen-bond acceptors (Lipinski definition) is 4. The Bertz CT molecular complexity index is 1340. The van der Waals surface area contributed by atoms with Crippen molar-refractivity contribution < 1.29 is 19.5 Å². The van der Waals surface area contributed by atoms with Gasteiger partial charge < -0.3 is 20.6 Å². The molecule has 4 rings (SSSR count). The number of nitriles is 1. The van der Waals surface area contributed by atoms with Gasteiger partial charge >= 0.3 is 12.0 Å². The number of hydrogen-bond donors (Lipinski definition) is 3. The summed E-state index contributed by atoms with van der Waals surface area (Å²) in [4.78, 5) is 38.2. The molecule has 1 aliphatic rings. The molecule has 3 aromatic carbocycles. The van der Waals surface area contributed by atoms with Gasteiger partial charge in [0.2, 0.25) is 0 Å². The Morgan fingerprint density at radius 1 is 0.971 bits per heavy atom. The third kappa shape index (κ3) is 4.99. The second-order valence-corrected chi connectivity index (χ2v) is 8.68. The molecule has 8 heteroatoms. The zero-order valence-electron chi connectivity index (χ0n) is 19.3. The third-order valence-corrected chi connectivity index (χ3v) is 5.88. The lowest BCUT2D eigenvalue weighted by Gasteiger charge is -2.27. The van der Waals surface area contributed by atoms with E-state index in [1.165, 1.54) is 4.90 Å². The van der Waals surface area contributed by atoms with Crippen LogP contribution in [0.3, 0.4) is 0 Å². The Hall–Kier alpha value is -4.64. The minimum Gasteiger partial charge on any atom is -0.480 e. The fraction of sp³-hybridized carbons (Fsp3) is 0.185. The van der Waals surface area contributed by atoms with Crippen LogP contribution in [0.4, 0.5) is 16.2 Å². The van der Waals surface area contributed by atoms with E-state index in [2.05, 4.69) is 10.6 Å². The van der Waals surface area contributed by atoms with E-state index in [1.54, 1.807) is 56.3 Å². The second-order valence-electron chi connectivity index (χ2n) is 8.68. The molecule has 1 heterocycles. The van der Waals surface area contributed by atoms with Crippen LogP contribution in [0.5, 0.6) is 0 Å². The second kappa shape index (κ2) is 9.69. The molecule has 0 spiro atoms. The summed E-state index contributed by atoms with van der Waals surface area (Å²) in [6.45, 7) is 3.84. The number of fused-ring (bicyclic) bond motifs is 1. The summed E-state index contributed by atoms with van der Waals surface area (Å²) in [5.74, 6) is -1.48. The van der Waals surface area contributed by atoms with Crippen LogP contribution in [-0.2, 0) is 11.3 Å². The Kier molecular flexibility index (Phi) is 6.51. The minimum absolute atomic E-state index is 0.210. The third-order valence-electron chi connectivity index (χ3n) is 5.88. The molecule has 35 heavy (non-hydrogen) atoms. The maximum absolute atomic E-state index is 12.8. The van der Waals surface area contributed by atoms with E-state index < -0.39 is 18.0 Å². The van der Waals surface area contributed by atoms with Crippen molar-refractivity contribution in [3.05, 3.63) is 83.4 Å². The van der Waals surface area contributed by atoms with Gasteiger partial charge in [-0.1, -0.05) is 38.1 Å². The predicted octanol–water partition coefficient (Wildman–Crippen LogP) is 4.93. The highest BCUT2D eigenvalue weighted by Gasteiger charge is 2.38. The SMILES string of the molecule is CC(C)[C@@H](C(=O)O)N1Cc2cc(-c3ccc(NC(=O)Nc4cccc(C#N)c4)cc3)ccc2C1=O. The van der Waals surface area contributed by atoms with Gasteiger partial charge in [-0.05, 0) is 65.1 Å². The number of benzene rings is 3. The molecule has 3 amide bonds. The van der Waals surface area contributed by atoms with Crippen LogP contribution < -0.4 is 10.6 Å². The number of amides is 3. The van der Waals surface area contributed by atoms with E-state index >= 15 is 0 Å². The van der Waals surface area contributed by atoms with Crippen LogP contribution >= 0.6 is 0 Å². The molecule has 1 atom stereocenters. The van der Waals surface area contributed by atoms with E-state index in [9.17, 15) is 19.5 Å². The molecule has 0 saturated carbocycles. The van der Waals surface area contributed by atoms with Gasteiger partial charge in [0.1, 0.15) is 6.04 Å². The monoisotopic (exact) mass is 468 g/mol. The normalized spacial score (nSPS) is 13.2. The fourth-order valence-electron chi connectivity index (χ4n) is 4.23. The first-order valence-corrected chi connectivity index (χ1v) is 11.1. The number of nitrogens with zero attached hydrogens (tertiary/aromatic N) is 2. The van der Waals surface area contributed by atoms with Gasteiger partial charge in [0.25, 0.3) is 5.91 Å². The van der Waals surface area contributed by atoms with Crippen LogP contribution in [0.15, 0.2) is 66.7 Å². The lowest BCUT2D eigenvalue weighted by Crippen LogP contribution is -2.44. The molecule has 0 aromatic heterocycles. The molecular weight excluding hydrogens is 444 g/mol. The number of urea groups is 1. The minimum atomic E-state index is -1.01. The van der Waals surface area contributed by atoms with Gasteiger partial charge in [0, 0.05) is 23.5 Å². The molecule has 0 bridgehead atoms. The number of carbonyl (C=O) groups is 3. The summed E-state index contributed by atoms with van der Waals surface area (Å²) in [7, 11) is 0. The van der Waals surface area contributed by atoms with Gasteiger partial charge in [-0.15, -0.1) is 0 Å². The van der Waals surface area contributed by atoms with Crippen molar-refractivity contribution >= 4 is 29.3 Å². The molecule has 0 aliphatic carbocycles.